The van der Waals surface area contributed by atoms with Crippen molar-refractivity contribution in [1.82, 2.24) is 9.55 Å². The molecule has 1 aromatic carbocycles. The summed E-state index contributed by atoms with van der Waals surface area (Å²) in [5.41, 5.74) is 1.04. The summed E-state index contributed by atoms with van der Waals surface area (Å²) in [5, 5.41) is 8.81. The van der Waals surface area contributed by atoms with Crippen LogP contribution < -0.4 is 0 Å². The number of hydrogen-bond donors (Lipinski definition) is 0. The van der Waals surface area contributed by atoms with E-state index in [9.17, 15) is 13.2 Å². The van der Waals surface area contributed by atoms with Crippen molar-refractivity contribution >= 4 is 22.6 Å². The summed E-state index contributed by atoms with van der Waals surface area (Å²) in [6.45, 7) is -1.13. The molecule has 2 rings (SSSR count). The summed E-state index contributed by atoms with van der Waals surface area (Å²) >= 11 is 5.58. The molecule has 1 heterocycles. The zero-order chi connectivity index (χ0) is 14.0. The molecular weight excluding hydrogens is 279 g/mol. The van der Waals surface area contributed by atoms with Crippen LogP contribution in [0.1, 0.15) is 11.4 Å². The Labute approximate surface area is 112 Å². The van der Waals surface area contributed by atoms with Gasteiger partial charge in [0.05, 0.1) is 22.7 Å². The summed E-state index contributed by atoms with van der Waals surface area (Å²) in [4.78, 5) is 4.13. The minimum atomic E-state index is -4.35. The monoisotopic (exact) mass is 287 g/mol. The van der Waals surface area contributed by atoms with Crippen LogP contribution in [-0.4, -0.2) is 21.6 Å². The van der Waals surface area contributed by atoms with Crippen LogP contribution in [0, 0.1) is 11.3 Å². The fourth-order valence-electron chi connectivity index (χ4n) is 1.87. The molecule has 0 N–H and O–H groups in total. The topological polar surface area (TPSA) is 41.6 Å². The lowest BCUT2D eigenvalue weighted by atomic mass is 10.2. The predicted octanol–water partition coefficient (Wildman–Crippen LogP) is 3.25. The molecule has 0 bridgehead atoms. The molecule has 0 amide bonds. The van der Waals surface area contributed by atoms with Gasteiger partial charge in [0, 0.05) is 12.3 Å². The Bertz CT molecular complexity index is 640. The first-order valence-corrected chi connectivity index (χ1v) is 6.00. The first-order valence-electron chi connectivity index (χ1n) is 5.46. The molecule has 0 saturated heterocycles. The zero-order valence-electron chi connectivity index (χ0n) is 9.71. The van der Waals surface area contributed by atoms with Crippen LogP contribution in [0.2, 0.25) is 0 Å². The number of nitrogens with zero attached hydrogens (tertiary/aromatic N) is 3. The average Bonchev–Trinajstić information content (AvgIpc) is 2.65. The van der Waals surface area contributed by atoms with Crippen molar-refractivity contribution in [3.63, 3.8) is 0 Å². The average molecular weight is 288 g/mol. The van der Waals surface area contributed by atoms with Crippen LogP contribution in [0.5, 0.6) is 0 Å². The highest BCUT2D eigenvalue weighted by Gasteiger charge is 2.30. The number of aryl methyl sites for hydroxylation is 1. The van der Waals surface area contributed by atoms with Gasteiger partial charge in [-0.1, -0.05) is 0 Å². The fourth-order valence-corrected chi connectivity index (χ4v) is 2.04. The van der Waals surface area contributed by atoms with Crippen molar-refractivity contribution in [3.05, 3.63) is 29.6 Å². The number of benzene rings is 1. The molecule has 0 fully saturated rings. The van der Waals surface area contributed by atoms with Crippen LogP contribution in [0.15, 0.2) is 18.2 Å². The number of aromatic nitrogens is 2. The van der Waals surface area contributed by atoms with Gasteiger partial charge in [-0.15, -0.1) is 11.6 Å². The van der Waals surface area contributed by atoms with Gasteiger partial charge in [0.2, 0.25) is 0 Å². The van der Waals surface area contributed by atoms with E-state index >= 15 is 0 Å². The molecule has 0 saturated carbocycles. The number of rotatable bonds is 3. The van der Waals surface area contributed by atoms with Gasteiger partial charge in [-0.25, -0.2) is 4.98 Å². The van der Waals surface area contributed by atoms with E-state index in [1.165, 1.54) is 12.1 Å². The largest absolute Gasteiger partial charge is 0.406 e. The molecule has 2 aromatic rings. The van der Waals surface area contributed by atoms with Crippen molar-refractivity contribution < 1.29 is 13.2 Å². The third-order valence-electron chi connectivity index (χ3n) is 2.61. The van der Waals surface area contributed by atoms with Crippen molar-refractivity contribution in [1.29, 1.82) is 5.26 Å². The molecule has 0 aliphatic rings. The van der Waals surface area contributed by atoms with Crippen molar-refractivity contribution in [2.75, 3.05) is 5.88 Å². The van der Waals surface area contributed by atoms with Crippen molar-refractivity contribution in [2.24, 2.45) is 0 Å². The first kappa shape index (κ1) is 13.7. The standard InChI is InChI=1S/C12H9ClF3N3/c13-4-3-11-18-9-2-1-8(6-17)5-10(9)19(11)7-12(14,15)16/h1-2,5H,3-4,7H2. The van der Waals surface area contributed by atoms with Crippen LogP contribution in [0.25, 0.3) is 11.0 Å². The third kappa shape index (κ3) is 2.99. The molecule has 100 valence electrons. The Balaban J connectivity index is 2.60. The summed E-state index contributed by atoms with van der Waals surface area (Å²) in [6, 6.07) is 6.38. The lowest BCUT2D eigenvalue weighted by molar-refractivity contribution is -0.140. The summed E-state index contributed by atoms with van der Waals surface area (Å²) in [6.07, 6.45) is -4.11. The predicted molar refractivity (Wildman–Crippen MR) is 64.9 cm³/mol. The summed E-state index contributed by atoms with van der Waals surface area (Å²) in [7, 11) is 0. The maximum atomic E-state index is 12.6. The van der Waals surface area contributed by atoms with Gasteiger partial charge in [-0.3, -0.25) is 0 Å². The number of nitriles is 1. The van der Waals surface area contributed by atoms with E-state index in [4.69, 9.17) is 16.9 Å². The molecular formula is C12H9ClF3N3. The van der Waals surface area contributed by atoms with Crippen LogP contribution in [-0.2, 0) is 13.0 Å². The van der Waals surface area contributed by atoms with E-state index in [0.29, 0.717) is 16.6 Å². The summed E-state index contributed by atoms with van der Waals surface area (Å²) in [5.74, 6) is 0.462. The number of alkyl halides is 4. The van der Waals surface area contributed by atoms with E-state index in [1.54, 1.807) is 6.07 Å². The lowest BCUT2D eigenvalue weighted by Gasteiger charge is -2.11. The second kappa shape index (κ2) is 5.10. The van der Waals surface area contributed by atoms with E-state index in [0.717, 1.165) is 4.57 Å². The molecule has 0 spiro atoms. The number of imidazole rings is 1. The third-order valence-corrected chi connectivity index (χ3v) is 2.80. The molecule has 0 unspecified atom stereocenters. The zero-order valence-corrected chi connectivity index (χ0v) is 10.5. The van der Waals surface area contributed by atoms with Gasteiger partial charge in [0.15, 0.2) is 0 Å². The van der Waals surface area contributed by atoms with Gasteiger partial charge < -0.3 is 4.57 Å². The van der Waals surface area contributed by atoms with Crippen LogP contribution in [0.3, 0.4) is 0 Å². The smallest absolute Gasteiger partial charge is 0.319 e. The number of fused-ring (bicyclic) bond motifs is 1. The fraction of sp³-hybridized carbons (Fsp3) is 0.333. The summed E-state index contributed by atoms with van der Waals surface area (Å²) < 4.78 is 38.9. The Hall–Kier alpha value is -1.74. The number of hydrogen-bond acceptors (Lipinski definition) is 2. The number of halogens is 4. The second-order valence-electron chi connectivity index (χ2n) is 3.98. The van der Waals surface area contributed by atoms with Gasteiger partial charge in [-0.05, 0) is 18.2 Å². The highest BCUT2D eigenvalue weighted by molar-refractivity contribution is 6.17. The van der Waals surface area contributed by atoms with Crippen molar-refractivity contribution in [2.45, 2.75) is 19.1 Å². The Morgan fingerprint density at radius 3 is 2.68 bits per heavy atom. The van der Waals surface area contributed by atoms with E-state index < -0.39 is 12.7 Å². The lowest BCUT2D eigenvalue weighted by Crippen LogP contribution is -2.19. The molecule has 7 heteroatoms. The molecule has 19 heavy (non-hydrogen) atoms. The highest BCUT2D eigenvalue weighted by Crippen LogP contribution is 2.24. The van der Waals surface area contributed by atoms with E-state index in [-0.39, 0.29) is 18.1 Å². The minimum Gasteiger partial charge on any atom is -0.319 e. The maximum Gasteiger partial charge on any atom is 0.406 e. The first-order chi connectivity index (χ1) is 8.94. The molecule has 3 nitrogen and oxygen atoms in total. The van der Waals surface area contributed by atoms with Crippen molar-refractivity contribution in [3.8, 4) is 6.07 Å². The van der Waals surface area contributed by atoms with Crippen LogP contribution >= 0.6 is 11.6 Å². The van der Waals surface area contributed by atoms with Gasteiger partial charge >= 0.3 is 6.18 Å². The minimum absolute atomic E-state index is 0.187. The maximum absolute atomic E-state index is 12.6. The molecule has 1 aromatic heterocycles. The van der Waals surface area contributed by atoms with Gasteiger partial charge in [0.25, 0.3) is 0 Å². The molecule has 0 aliphatic heterocycles. The molecule has 0 atom stereocenters. The van der Waals surface area contributed by atoms with Gasteiger partial charge in [-0.2, -0.15) is 18.4 Å². The van der Waals surface area contributed by atoms with Crippen LogP contribution in [0.4, 0.5) is 13.2 Å². The molecule has 0 aliphatic carbocycles. The second-order valence-corrected chi connectivity index (χ2v) is 4.36. The van der Waals surface area contributed by atoms with Gasteiger partial charge in [0.1, 0.15) is 12.4 Å². The highest BCUT2D eigenvalue weighted by atomic mass is 35.5. The SMILES string of the molecule is N#Cc1ccc2nc(CCCl)n(CC(F)(F)F)c2c1. The Kier molecular flexibility index (Phi) is 3.67. The Morgan fingerprint density at radius 1 is 1.37 bits per heavy atom. The quantitative estimate of drug-likeness (QED) is 0.813. The molecule has 0 radical (unpaired) electrons. The Morgan fingerprint density at radius 2 is 2.11 bits per heavy atom. The normalized spacial score (nSPS) is 11.7. The van der Waals surface area contributed by atoms with E-state index in [2.05, 4.69) is 4.98 Å². The van der Waals surface area contributed by atoms with E-state index in [1.807, 2.05) is 6.07 Å².